The number of halogens is 3. The molecular weight excluding hydrogens is 291 g/mol. The smallest absolute Gasteiger partial charge is 0.410 e. The maximum atomic E-state index is 13.3. The molecule has 2 aromatic rings. The predicted octanol–water partition coefficient (Wildman–Crippen LogP) is 4.82. The molecule has 1 N–H and O–H groups in total. The highest BCUT2D eigenvalue weighted by Gasteiger charge is 2.35. The van der Waals surface area contributed by atoms with Gasteiger partial charge in [0.05, 0.1) is 5.57 Å². The van der Waals surface area contributed by atoms with Crippen molar-refractivity contribution >= 4 is 11.3 Å². The summed E-state index contributed by atoms with van der Waals surface area (Å²) in [4.78, 5) is 0. The molecule has 0 aliphatic rings. The van der Waals surface area contributed by atoms with Crippen LogP contribution >= 0.6 is 0 Å². The maximum absolute atomic E-state index is 13.3. The summed E-state index contributed by atoms with van der Waals surface area (Å²) in [5, 5.41) is 12.1. The number of nitrogens with zero attached hydrogens (tertiary/aromatic N) is 1. The average molecular weight is 305 g/mol. The summed E-state index contributed by atoms with van der Waals surface area (Å²) >= 11 is 0. The highest BCUT2D eigenvalue weighted by atomic mass is 19.4. The van der Waals surface area contributed by atoms with Gasteiger partial charge in [-0.1, -0.05) is 65.3 Å². The quantitative estimate of drug-likeness (QED) is 0.492. The van der Waals surface area contributed by atoms with E-state index in [1.54, 1.807) is 30.3 Å². The molecule has 2 aromatic carbocycles. The van der Waals surface area contributed by atoms with E-state index in [1.165, 1.54) is 24.3 Å². The van der Waals surface area contributed by atoms with Crippen molar-refractivity contribution in [3.05, 3.63) is 77.4 Å². The van der Waals surface area contributed by atoms with E-state index in [2.05, 4.69) is 5.16 Å². The Kier molecular flexibility index (Phi) is 4.65. The van der Waals surface area contributed by atoms with Gasteiger partial charge in [0.25, 0.3) is 0 Å². The predicted molar refractivity (Wildman–Crippen MR) is 80.0 cm³/mol. The summed E-state index contributed by atoms with van der Waals surface area (Å²) in [6.07, 6.45) is -3.71. The van der Waals surface area contributed by atoms with Crippen LogP contribution in [0, 0.1) is 6.92 Å². The van der Waals surface area contributed by atoms with Crippen molar-refractivity contribution in [3.63, 3.8) is 0 Å². The molecule has 114 valence electrons. The number of alkyl halides is 3. The molecule has 0 radical (unpaired) electrons. The molecule has 0 spiro atoms. The van der Waals surface area contributed by atoms with Gasteiger partial charge in [-0.05, 0) is 18.6 Å². The van der Waals surface area contributed by atoms with E-state index in [0.717, 1.165) is 11.6 Å². The van der Waals surface area contributed by atoms with Crippen molar-refractivity contribution < 1.29 is 18.4 Å². The normalized spacial score (nSPS) is 13.3. The number of benzene rings is 2. The van der Waals surface area contributed by atoms with Crippen LogP contribution in [0.2, 0.25) is 0 Å². The van der Waals surface area contributed by atoms with Gasteiger partial charge in [-0.15, -0.1) is 0 Å². The van der Waals surface area contributed by atoms with Crippen LogP contribution in [0.4, 0.5) is 13.2 Å². The molecular formula is C17H14F3NO. The first-order chi connectivity index (χ1) is 10.4. The molecule has 0 amide bonds. The first kappa shape index (κ1) is 15.8. The van der Waals surface area contributed by atoms with Crippen LogP contribution < -0.4 is 0 Å². The van der Waals surface area contributed by atoms with Gasteiger partial charge < -0.3 is 5.21 Å². The number of allylic oxidation sites excluding steroid dienone is 2. The fraction of sp³-hybridized carbons (Fsp3) is 0.118. The van der Waals surface area contributed by atoms with E-state index < -0.39 is 11.7 Å². The average Bonchev–Trinajstić information content (AvgIpc) is 2.49. The molecule has 5 heteroatoms. The molecule has 0 aliphatic heterocycles. The minimum absolute atomic E-state index is 0.0169. The summed E-state index contributed by atoms with van der Waals surface area (Å²) in [5.41, 5.74) is 0.385. The molecule has 0 fully saturated rings. The second kappa shape index (κ2) is 6.47. The third-order valence-corrected chi connectivity index (χ3v) is 3.13. The Hall–Kier alpha value is -2.56. The van der Waals surface area contributed by atoms with Gasteiger partial charge in [0.15, 0.2) is 0 Å². The minimum Gasteiger partial charge on any atom is -0.410 e. The van der Waals surface area contributed by atoms with E-state index in [-0.39, 0.29) is 11.3 Å². The lowest BCUT2D eigenvalue weighted by molar-refractivity contribution is -0.0688. The Morgan fingerprint density at radius 3 is 2.05 bits per heavy atom. The Balaban J connectivity index is 2.50. The van der Waals surface area contributed by atoms with Gasteiger partial charge in [-0.25, -0.2) is 0 Å². The third kappa shape index (κ3) is 3.75. The fourth-order valence-electron chi connectivity index (χ4n) is 1.98. The van der Waals surface area contributed by atoms with Crippen molar-refractivity contribution in [3.8, 4) is 0 Å². The van der Waals surface area contributed by atoms with Gasteiger partial charge in [0, 0.05) is 5.56 Å². The Labute approximate surface area is 126 Å². The van der Waals surface area contributed by atoms with Crippen LogP contribution in [0.3, 0.4) is 0 Å². The number of hydrogen-bond donors (Lipinski definition) is 1. The number of aryl methyl sites for hydroxylation is 1. The van der Waals surface area contributed by atoms with Crippen LogP contribution in [0.25, 0.3) is 5.57 Å². The standard InChI is InChI=1S/C17H14F3NO/c1-12-7-9-14(10-8-12)16(21-22)11-15(17(18,19)20)13-5-3-2-4-6-13/h2-11,22H,1H3/b15-11-,21-16-. The van der Waals surface area contributed by atoms with Crippen LogP contribution in [-0.2, 0) is 0 Å². The summed E-state index contributed by atoms with van der Waals surface area (Å²) < 4.78 is 39.8. The summed E-state index contributed by atoms with van der Waals surface area (Å²) in [5.74, 6) is 0. The highest BCUT2D eigenvalue weighted by molar-refractivity contribution is 6.12. The van der Waals surface area contributed by atoms with Crippen molar-refractivity contribution in [1.29, 1.82) is 0 Å². The van der Waals surface area contributed by atoms with Crippen LogP contribution in [0.5, 0.6) is 0 Å². The second-order valence-electron chi connectivity index (χ2n) is 4.77. The van der Waals surface area contributed by atoms with Crippen molar-refractivity contribution in [2.45, 2.75) is 13.1 Å². The second-order valence-corrected chi connectivity index (χ2v) is 4.77. The molecule has 0 aromatic heterocycles. The van der Waals surface area contributed by atoms with E-state index in [1.807, 2.05) is 6.92 Å². The number of hydrogen-bond acceptors (Lipinski definition) is 2. The molecule has 0 aliphatic carbocycles. The Morgan fingerprint density at radius 2 is 1.55 bits per heavy atom. The van der Waals surface area contributed by atoms with Crippen molar-refractivity contribution in [2.75, 3.05) is 0 Å². The van der Waals surface area contributed by atoms with Crippen molar-refractivity contribution in [2.24, 2.45) is 5.16 Å². The first-order valence-electron chi connectivity index (χ1n) is 6.55. The summed E-state index contributed by atoms with van der Waals surface area (Å²) in [7, 11) is 0. The SMILES string of the molecule is Cc1ccc(C(/C=C(/c2ccccc2)C(F)(F)F)=N\O)cc1. The monoisotopic (exact) mass is 305 g/mol. The zero-order valence-electron chi connectivity index (χ0n) is 11.8. The Morgan fingerprint density at radius 1 is 0.955 bits per heavy atom. The Bertz CT molecular complexity index is 686. The molecule has 0 saturated carbocycles. The molecule has 2 rings (SSSR count). The fourth-order valence-corrected chi connectivity index (χ4v) is 1.98. The van der Waals surface area contributed by atoms with Gasteiger partial charge in [0.2, 0.25) is 0 Å². The molecule has 0 atom stereocenters. The van der Waals surface area contributed by atoms with Gasteiger partial charge in [-0.2, -0.15) is 13.2 Å². The zero-order chi connectivity index (χ0) is 16.2. The van der Waals surface area contributed by atoms with E-state index in [9.17, 15) is 13.2 Å². The van der Waals surface area contributed by atoms with Crippen LogP contribution in [0.15, 0.2) is 65.8 Å². The molecule has 0 heterocycles. The lowest BCUT2D eigenvalue weighted by Gasteiger charge is -2.12. The van der Waals surface area contributed by atoms with E-state index in [4.69, 9.17) is 5.21 Å². The summed E-state index contributed by atoms with van der Waals surface area (Å²) in [6.45, 7) is 1.86. The lowest BCUT2D eigenvalue weighted by atomic mass is 10.0. The first-order valence-corrected chi connectivity index (χ1v) is 6.55. The third-order valence-electron chi connectivity index (χ3n) is 3.13. The van der Waals surface area contributed by atoms with E-state index in [0.29, 0.717) is 5.56 Å². The van der Waals surface area contributed by atoms with Crippen molar-refractivity contribution in [1.82, 2.24) is 0 Å². The molecule has 0 saturated heterocycles. The molecule has 22 heavy (non-hydrogen) atoms. The largest absolute Gasteiger partial charge is 0.417 e. The summed E-state index contributed by atoms with van der Waals surface area (Å²) in [6, 6.07) is 14.1. The highest BCUT2D eigenvalue weighted by Crippen LogP contribution is 2.34. The lowest BCUT2D eigenvalue weighted by Crippen LogP contribution is -2.13. The van der Waals surface area contributed by atoms with Crippen LogP contribution in [-0.4, -0.2) is 17.1 Å². The van der Waals surface area contributed by atoms with Gasteiger partial charge in [0.1, 0.15) is 5.71 Å². The molecule has 2 nitrogen and oxygen atoms in total. The minimum atomic E-state index is -4.55. The van der Waals surface area contributed by atoms with Gasteiger partial charge >= 0.3 is 6.18 Å². The molecule has 0 unspecified atom stereocenters. The van der Waals surface area contributed by atoms with Gasteiger partial charge in [-0.3, -0.25) is 0 Å². The topological polar surface area (TPSA) is 32.6 Å². The molecule has 0 bridgehead atoms. The number of oxime groups is 1. The van der Waals surface area contributed by atoms with Crippen LogP contribution in [0.1, 0.15) is 16.7 Å². The number of rotatable bonds is 3. The maximum Gasteiger partial charge on any atom is 0.417 e. The zero-order valence-corrected chi connectivity index (χ0v) is 11.8. The van der Waals surface area contributed by atoms with E-state index >= 15 is 0 Å².